The molecule has 0 bridgehead atoms. The number of nitrogens with two attached hydrogens (primary N) is 2. The number of hydrogen-bond donors (Lipinski definition) is 2. The smallest absolute Gasteiger partial charge is 0.415 e. The predicted octanol–water partition coefficient (Wildman–Crippen LogP) is 3.08. The third-order valence-corrected chi connectivity index (χ3v) is 4.98. The van der Waals surface area contributed by atoms with Crippen LogP contribution in [0, 0.1) is 5.92 Å². The van der Waals surface area contributed by atoms with Gasteiger partial charge in [-0.2, -0.15) is 0 Å². The van der Waals surface area contributed by atoms with Crippen molar-refractivity contribution in [2.24, 2.45) is 17.4 Å². The van der Waals surface area contributed by atoms with E-state index in [0.717, 1.165) is 36.2 Å². The molecule has 8 heteroatoms. The fourth-order valence-corrected chi connectivity index (χ4v) is 3.31. The van der Waals surface area contributed by atoms with Crippen LogP contribution in [0.3, 0.4) is 0 Å². The molecular weight excluding hydrogens is 382 g/mol. The molecular formula is C20H28ClN3O4. The molecule has 1 aliphatic heterocycles. The van der Waals surface area contributed by atoms with Gasteiger partial charge >= 0.3 is 6.09 Å². The first kappa shape index (κ1) is 20.8. The maximum absolute atomic E-state index is 12.5. The number of nitrogens with zero attached hydrogens (tertiary/aromatic N) is 1. The molecule has 0 aromatic rings. The minimum absolute atomic E-state index is 0.00825. The number of rotatable bonds is 6. The number of morpholine rings is 1. The average molecular weight is 410 g/mol. The lowest BCUT2D eigenvalue weighted by Crippen LogP contribution is -2.41. The van der Waals surface area contributed by atoms with E-state index in [0.29, 0.717) is 32.2 Å². The van der Waals surface area contributed by atoms with E-state index in [4.69, 9.17) is 37.3 Å². The summed E-state index contributed by atoms with van der Waals surface area (Å²) in [6.45, 7) is 3.85. The SMILES string of the molecule is CC1=C(O/C(N)=C(/CC(N)Cl)OC(=O)N2CCOCC2)C(C2CC2)=CCC=C1. The van der Waals surface area contributed by atoms with Crippen molar-refractivity contribution in [1.29, 1.82) is 0 Å². The fraction of sp³-hybridized carbons (Fsp3) is 0.550. The Morgan fingerprint density at radius 3 is 2.75 bits per heavy atom. The highest BCUT2D eigenvalue weighted by Crippen LogP contribution is 2.42. The lowest BCUT2D eigenvalue weighted by molar-refractivity contribution is 0.0330. The Kier molecular flexibility index (Phi) is 7.04. The van der Waals surface area contributed by atoms with Crippen LogP contribution in [-0.4, -0.2) is 42.8 Å². The van der Waals surface area contributed by atoms with Crippen molar-refractivity contribution in [3.05, 3.63) is 46.8 Å². The van der Waals surface area contributed by atoms with Gasteiger partial charge in [-0.3, -0.25) is 0 Å². The topological polar surface area (TPSA) is 100 Å². The van der Waals surface area contributed by atoms with Crippen molar-refractivity contribution in [3.8, 4) is 0 Å². The van der Waals surface area contributed by atoms with Gasteiger partial charge in [-0.05, 0) is 43.3 Å². The first-order chi connectivity index (χ1) is 13.5. The van der Waals surface area contributed by atoms with Gasteiger partial charge in [-0.25, -0.2) is 4.79 Å². The monoisotopic (exact) mass is 409 g/mol. The highest BCUT2D eigenvalue weighted by atomic mass is 35.5. The number of halogens is 1. The van der Waals surface area contributed by atoms with E-state index in [1.807, 2.05) is 13.0 Å². The summed E-state index contributed by atoms with van der Waals surface area (Å²) in [7, 11) is 0. The largest absolute Gasteiger partial charge is 0.437 e. The van der Waals surface area contributed by atoms with Crippen LogP contribution in [0.4, 0.5) is 4.79 Å². The zero-order valence-corrected chi connectivity index (χ0v) is 16.9. The lowest BCUT2D eigenvalue weighted by atomic mass is 10.1. The Hall–Kier alpha value is -1.96. The second-order valence-electron chi connectivity index (χ2n) is 7.16. The van der Waals surface area contributed by atoms with Gasteiger partial charge in [0.25, 0.3) is 0 Å². The van der Waals surface area contributed by atoms with Crippen molar-refractivity contribution in [3.63, 3.8) is 0 Å². The van der Waals surface area contributed by atoms with Gasteiger partial charge in [0, 0.05) is 19.5 Å². The van der Waals surface area contributed by atoms with Crippen LogP contribution in [0.15, 0.2) is 46.8 Å². The third kappa shape index (κ3) is 5.53. The third-order valence-electron chi connectivity index (χ3n) is 4.83. The van der Waals surface area contributed by atoms with Gasteiger partial charge in [0.1, 0.15) is 5.76 Å². The van der Waals surface area contributed by atoms with E-state index in [2.05, 4.69) is 12.2 Å². The number of allylic oxidation sites excluding steroid dienone is 5. The molecule has 1 atom stereocenters. The molecule has 1 heterocycles. The molecule has 2 fully saturated rings. The second-order valence-corrected chi connectivity index (χ2v) is 7.72. The van der Waals surface area contributed by atoms with E-state index < -0.39 is 11.6 Å². The van der Waals surface area contributed by atoms with Crippen LogP contribution in [-0.2, 0) is 14.2 Å². The zero-order chi connectivity index (χ0) is 20.1. The number of carbonyl (C=O) groups is 1. The van der Waals surface area contributed by atoms with E-state index in [-0.39, 0.29) is 18.1 Å². The van der Waals surface area contributed by atoms with Gasteiger partial charge in [0.15, 0.2) is 5.76 Å². The number of amides is 1. The molecule has 3 rings (SSSR count). The van der Waals surface area contributed by atoms with Crippen LogP contribution >= 0.6 is 11.6 Å². The minimum atomic E-state index is -0.753. The fourth-order valence-electron chi connectivity index (χ4n) is 3.17. The predicted molar refractivity (Wildman–Crippen MR) is 107 cm³/mol. The van der Waals surface area contributed by atoms with Crippen LogP contribution in [0.5, 0.6) is 0 Å². The molecule has 0 aromatic heterocycles. The van der Waals surface area contributed by atoms with Gasteiger partial charge in [-0.1, -0.05) is 18.2 Å². The Morgan fingerprint density at radius 2 is 2.11 bits per heavy atom. The second kappa shape index (κ2) is 9.49. The molecule has 1 unspecified atom stereocenters. The molecule has 1 saturated carbocycles. The van der Waals surface area contributed by atoms with E-state index in [1.165, 1.54) is 0 Å². The molecule has 4 N–H and O–H groups in total. The van der Waals surface area contributed by atoms with E-state index in [9.17, 15) is 4.79 Å². The van der Waals surface area contributed by atoms with Crippen LogP contribution in [0.25, 0.3) is 0 Å². The summed E-state index contributed by atoms with van der Waals surface area (Å²) in [5.74, 6) is 1.36. The van der Waals surface area contributed by atoms with Crippen molar-refractivity contribution in [1.82, 2.24) is 4.90 Å². The van der Waals surface area contributed by atoms with Crippen molar-refractivity contribution in [2.45, 2.75) is 38.1 Å². The molecule has 7 nitrogen and oxygen atoms in total. The highest BCUT2D eigenvalue weighted by Gasteiger charge is 2.31. The summed E-state index contributed by atoms with van der Waals surface area (Å²) in [5.41, 5.74) is 13.3. The van der Waals surface area contributed by atoms with Gasteiger partial charge in [-0.15, -0.1) is 11.6 Å². The minimum Gasteiger partial charge on any atom is -0.437 e. The Balaban J connectivity index is 1.80. The van der Waals surface area contributed by atoms with E-state index in [1.54, 1.807) is 4.90 Å². The molecule has 2 aliphatic carbocycles. The maximum Gasteiger partial charge on any atom is 0.415 e. The molecule has 1 saturated heterocycles. The number of ether oxygens (including phenoxy) is 3. The van der Waals surface area contributed by atoms with E-state index >= 15 is 0 Å². The molecule has 0 aromatic carbocycles. The number of hydrogen-bond acceptors (Lipinski definition) is 6. The molecule has 1 amide bonds. The van der Waals surface area contributed by atoms with Gasteiger partial charge in [0.05, 0.1) is 18.7 Å². The average Bonchev–Trinajstić information content (AvgIpc) is 3.51. The summed E-state index contributed by atoms with van der Waals surface area (Å²) in [6.07, 6.45) is 8.97. The summed E-state index contributed by atoms with van der Waals surface area (Å²) in [5, 5.41) is 0. The summed E-state index contributed by atoms with van der Waals surface area (Å²) in [4.78, 5) is 14.0. The Labute approximate surface area is 170 Å². The summed E-state index contributed by atoms with van der Waals surface area (Å²) >= 11 is 5.95. The standard InChI is InChI=1S/C20H28ClN3O4/c1-13-4-2-3-5-15(14-6-7-14)18(13)28-19(23)16(12-17(21)22)27-20(25)24-8-10-26-11-9-24/h2,4-5,14,17H,3,6-12,22-23H2,1H3/b19-16-. The summed E-state index contributed by atoms with van der Waals surface area (Å²) in [6, 6.07) is 0. The molecule has 0 radical (unpaired) electrons. The highest BCUT2D eigenvalue weighted by molar-refractivity contribution is 6.20. The maximum atomic E-state index is 12.5. The van der Waals surface area contributed by atoms with Crippen molar-refractivity contribution >= 4 is 17.7 Å². The van der Waals surface area contributed by atoms with Crippen LogP contribution in [0.2, 0.25) is 0 Å². The van der Waals surface area contributed by atoms with Gasteiger partial charge < -0.3 is 30.6 Å². The normalized spacial score (nSPS) is 22.2. The van der Waals surface area contributed by atoms with Crippen molar-refractivity contribution in [2.75, 3.05) is 26.3 Å². The zero-order valence-electron chi connectivity index (χ0n) is 16.2. The lowest BCUT2D eigenvalue weighted by Gasteiger charge is -2.27. The Morgan fingerprint density at radius 1 is 1.39 bits per heavy atom. The summed E-state index contributed by atoms with van der Waals surface area (Å²) < 4.78 is 16.8. The quantitative estimate of drug-likeness (QED) is 0.397. The van der Waals surface area contributed by atoms with Crippen LogP contribution < -0.4 is 11.5 Å². The van der Waals surface area contributed by atoms with Crippen LogP contribution in [0.1, 0.15) is 32.6 Å². The first-order valence-corrected chi connectivity index (χ1v) is 10.1. The van der Waals surface area contributed by atoms with Crippen molar-refractivity contribution < 1.29 is 19.0 Å². The molecule has 3 aliphatic rings. The Bertz CT molecular complexity index is 717. The number of alkyl halides is 1. The van der Waals surface area contributed by atoms with Gasteiger partial charge in [0.2, 0.25) is 5.88 Å². The first-order valence-electron chi connectivity index (χ1n) is 9.64. The number of carbonyl (C=O) groups excluding carboxylic acids is 1. The molecule has 28 heavy (non-hydrogen) atoms. The molecule has 0 spiro atoms. The molecule has 154 valence electrons.